The second-order valence-corrected chi connectivity index (χ2v) is 4.43. The molecule has 12 nitrogen and oxygen atoms in total. The molecule has 0 aromatic rings. The number of hydrogen-bond donors (Lipinski definition) is 6. The first-order chi connectivity index (χ1) is 11.3. The molecule has 0 spiro atoms. The molecule has 152 valence electrons. The molecule has 0 fully saturated rings. The van der Waals surface area contributed by atoms with Crippen LogP contribution >= 0.6 is 0 Å². The molecule has 0 saturated heterocycles. The summed E-state index contributed by atoms with van der Waals surface area (Å²) in [7, 11) is 0. The van der Waals surface area contributed by atoms with Gasteiger partial charge in [0.25, 0.3) is 0 Å². The summed E-state index contributed by atoms with van der Waals surface area (Å²) in [5.74, 6) is -5.75. The fourth-order valence-corrected chi connectivity index (χ4v) is 1.32. The van der Waals surface area contributed by atoms with Crippen LogP contribution in [0, 0.1) is 0 Å². The van der Waals surface area contributed by atoms with Gasteiger partial charge in [-0.1, -0.05) is 0 Å². The molecule has 0 atom stereocenters. The van der Waals surface area contributed by atoms with Gasteiger partial charge in [-0.05, 0) is 0 Å². The Bertz CT molecular complexity index is 505. The van der Waals surface area contributed by atoms with Crippen molar-refractivity contribution in [1.29, 1.82) is 0 Å². The first kappa shape index (κ1) is 28.7. The van der Waals surface area contributed by atoms with Crippen molar-refractivity contribution in [2.24, 2.45) is 0 Å². The molecule has 0 aromatic carbocycles. The Kier molecular flexibility index (Phi) is 18.0. The van der Waals surface area contributed by atoms with Crippen LogP contribution in [0.3, 0.4) is 0 Å². The molecule has 0 heterocycles. The van der Waals surface area contributed by atoms with E-state index in [2.05, 4.69) is 20.6 Å². The normalized spacial score (nSPS) is 10.8. The zero-order valence-electron chi connectivity index (χ0n) is 13.4. The van der Waals surface area contributed by atoms with E-state index in [9.17, 15) is 29.4 Å². The molecule has 2 amide bonds. The van der Waals surface area contributed by atoms with Gasteiger partial charge >= 0.3 is 69.7 Å². The summed E-state index contributed by atoms with van der Waals surface area (Å²) >= 11 is 0. The van der Waals surface area contributed by atoms with Crippen LogP contribution in [0.15, 0.2) is 0 Å². The largest absolute Gasteiger partial charge is 2.00 e. The fourth-order valence-electron chi connectivity index (χ4n) is 1.32. The Morgan fingerprint density at radius 1 is 0.731 bits per heavy atom. The maximum absolute atomic E-state index is 10.8. The average Bonchev–Trinajstić information content (AvgIpc) is 2.52. The predicted octanol–water partition coefficient (Wildman–Crippen LogP) is -7.43. The maximum atomic E-state index is 10.8. The molecule has 0 bridgehead atoms. The maximum Gasteiger partial charge on any atom is 2.00 e. The van der Waals surface area contributed by atoms with Crippen LogP contribution in [0.1, 0.15) is 12.8 Å². The van der Waals surface area contributed by atoms with Crippen LogP contribution < -0.4 is 20.6 Å². The third kappa shape index (κ3) is 14.2. The van der Waals surface area contributed by atoms with Gasteiger partial charge in [0.1, 0.15) is 13.1 Å². The summed E-state index contributed by atoms with van der Waals surface area (Å²) in [6, 6.07) is 0. The van der Waals surface area contributed by atoms with Crippen LogP contribution in [0.5, 0.6) is 0 Å². The zero-order chi connectivity index (χ0) is 18.5. The second-order valence-electron chi connectivity index (χ2n) is 4.43. The first-order valence-electron chi connectivity index (χ1n) is 6.93. The van der Waals surface area contributed by atoms with Crippen LogP contribution in [0.2, 0.25) is 0 Å². The molecule has 2 radical (unpaired) electrons. The van der Waals surface area contributed by atoms with Gasteiger partial charge in [0.2, 0.25) is 0 Å². The Labute approximate surface area is 169 Å². The second kappa shape index (κ2) is 16.3. The molecule has 0 rings (SSSR count). The zero-order valence-corrected chi connectivity index (χ0v) is 15.3. The summed E-state index contributed by atoms with van der Waals surface area (Å²) in [5.41, 5.74) is 0. The van der Waals surface area contributed by atoms with E-state index in [0.29, 0.717) is 12.8 Å². The van der Waals surface area contributed by atoms with Gasteiger partial charge < -0.3 is 31.1 Å². The molecule has 0 aliphatic heterocycles. The molecule has 10 N–H and O–H groups in total. The van der Waals surface area contributed by atoms with E-state index in [1.54, 1.807) is 0 Å². The SMILES string of the molecule is O=C([OH2+])C(=O)NCCC[NH+]=C(O)C(O)=[NH+]CCCNC(=O)C(=O)[OH2+].[Cu+2].[Cu+2]. The molecule has 14 heteroatoms. The molecule has 0 aliphatic carbocycles. The number of amides is 2. The van der Waals surface area contributed by atoms with Gasteiger partial charge in [-0.3, -0.25) is 9.59 Å². The van der Waals surface area contributed by atoms with Crippen molar-refractivity contribution in [3.05, 3.63) is 0 Å². The van der Waals surface area contributed by atoms with Crippen molar-refractivity contribution in [2.45, 2.75) is 12.8 Å². The summed E-state index contributed by atoms with van der Waals surface area (Å²) in [4.78, 5) is 47.1. The standard InChI is InChI=1S/C12H18N4O8.2Cu/c17-7(13-3-1-5-15-9(19)11(21)22)8(18)14-4-2-6-16-10(20)12(23)24;;/h1-6H2,(H,13,17)(H,14,18)(H,15,19)(H,16,20)(H,21,22)(H,23,24);;/q;2*+2/p+4. The van der Waals surface area contributed by atoms with Crippen molar-refractivity contribution in [3.8, 4) is 0 Å². The van der Waals surface area contributed by atoms with Crippen LogP contribution in [0.25, 0.3) is 0 Å². The molecule has 0 aliphatic rings. The summed E-state index contributed by atoms with van der Waals surface area (Å²) in [5, 5.41) is 36.4. The van der Waals surface area contributed by atoms with E-state index in [4.69, 9.17) is 10.2 Å². The fraction of sp³-hybridized carbons (Fsp3) is 0.500. The van der Waals surface area contributed by atoms with Crippen LogP contribution in [0.4, 0.5) is 0 Å². The third-order valence-corrected chi connectivity index (χ3v) is 2.50. The van der Waals surface area contributed by atoms with E-state index in [1.807, 2.05) is 0 Å². The van der Waals surface area contributed by atoms with E-state index < -0.39 is 35.5 Å². The van der Waals surface area contributed by atoms with Gasteiger partial charge in [0.05, 0.1) is 9.59 Å². The van der Waals surface area contributed by atoms with Gasteiger partial charge in [0.15, 0.2) is 0 Å². The van der Waals surface area contributed by atoms with Crippen LogP contribution in [-0.2, 0) is 53.3 Å². The van der Waals surface area contributed by atoms with Gasteiger partial charge in [-0.2, -0.15) is 0 Å². The quantitative estimate of drug-likeness (QED) is 0.0499. The van der Waals surface area contributed by atoms with Crippen molar-refractivity contribution < 1.29 is 83.7 Å². The molecule has 0 aromatic heterocycles. The molecular weight excluding hydrogens is 455 g/mol. The number of carbonyl (C=O) groups is 4. The van der Waals surface area contributed by atoms with Crippen molar-refractivity contribution in [1.82, 2.24) is 10.6 Å². The average molecular weight is 477 g/mol. The smallest absolute Gasteiger partial charge is 0.557 e. The Morgan fingerprint density at radius 3 is 1.31 bits per heavy atom. The Hall–Kier alpha value is -2.14. The minimum atomic E-state index is -1.34. The Morgan fingerprint density at radius 2 is 1.04 bits per heavy atom. The summed E-state index contributed by atoms with van der Waals surface area (Å²) in [6.07, 6.45) is 0.674. The van der Waals surface area contributed by atoms with E-state index >= 15 is 0 Å². The number of aliphatic hydroxyl groups is 2. The number of rotatable bonds is 8. The summed E-state index contributed by atoms with van der Waals surface area (Å²) in [6.45, 7) is 0.607. The monoisotopic (exact) mass is 476 g/mol. The van der Waals surface area contributed by atoms with Crippen molar-refractivity contribution >= 4 is 35.5 Å². The van der Waals surface area contributed by atoms with Gasteiger partial charge in [-0.15, -0.1) is 0 Å². The minimum Gasteiger partial charge on any atom is -0.557 e. The number of hydrogen-bond acceptors (Lipinski definition) is 4. The van der Waals surface area contributed by atoms with Gasteiger partial charge in [0, 0.05) is 25.9 Å². The van der Waals surface area contributed by atoms with Crippen molar-refractivity contribution in [2.75, 3.05) is 26.2 Å². The van der Waals surface area contributed by atoms with Crippen LogP contribution in [-0.4, -0.2) is 82.2 Å². The Balaban J connectivity index is -0.00000264. The number of carbonyl (C=O) groups excluding carboxylic acids is 4. The topological polar surface area (TPSA) is 207 Å². The molecule has 0 unspecified atom stereocenters. The van der Waals surface area contributed by atoms with E-state index in [1.165, 1.54) is 0 Å². The molecular formula is C12H22Cu2N4O8+8. The van der Waals surface area contributed by atoms with E-state index in [0.717, 1.165) is 0 Å². The predicted molar refractivity (Wildman–Crippen MR) is 79.4 cm³/mol. The van der Waals surface area contributed by atoms with Crippen molar-refractivity contribution in [3.63, 3.8) is 0 Å². The van der Waals surface area contributed by atoms with Gasteiger partial charge in [-0.25, -0.2) is 9.98 Å². The summed E-state index contributed by atoms with van der Waals surface area (Å²) < 4.78 is 0. The first-order valence-corrected chi connectivity index (χ1v) is 6.93. The van der Waals surface area contributed by atoms with E-state index in [-0.39, 0.29) is 60.3 Å². The number of nitrogens with one attached hydrogen (secondary N) is 4. The minimum absolute atomic E-state index is 0. The number of aliphatic hydroxyl groups excluding tert-OH is 2. The molecule has 0 saturated carbocycles. The third-order valence-electron chi connectivity index (χ3n) is 2.50. The molecule has 26 heavy (non-hydrogen) atoms.